The van der Waals surface area contributed by atoms with E-state index in [9.17, 15) is 13.2 Å². The number of amides is 1. The fourth-order valence-electron chi connectivity index (χ4n) is 1.89. The van der Waals surface area contributed by atoms with Crippen LogP contribution in [0.5, 0.6) is 5.75 Å². The molecule has 0 atom stereocenters. The Morgan fingerprint density at radius 2 is 2.16 bits per heavy atom. The lowest BCUT2D eigenvalue weighted by Gasteiger charge is -2.19. The number of nitrogens with zero attached hydrogens (tertiary/aromatic N) is 1. The van der Waals surface area contributed by atoms with E-state index in [1.54, 1.807) is 12.1 Å². The molecule has 1 aliphatic heterocycles. The van der Waals surface area contributed by atoms with E-state index >= 15 is 0 Å². The Balaban J connectivity index is 2.32. The third kappa shape index (κ3) is 3.05. The van der Waals surface area contributed by atoms with Crippen LogP contribution in [-0.4, -0.2) is 45.4 Å². The molecule has 0 saturated carbocycles. The molecule has 1 N–H and O–H groups in total. The number of methoxy groups -OCH3 is 1. The second kappa shape index (κ2) is 5.58. The molecule has 1 fully saturated rings. The van der Waals surface area contributed by atoms with E-state index in [2.05, 4.69) is 5.32 Å². The second-order valence-electron chi connectivity index (χ2n) is 4.22. The molecule has 1 heterocycles. The maximum Gasteiger partial charge on any atom is 0.243 e. The van der Waals surface area contributed by atoms with Gasteiger partial charge >= 0.3 is 0 Å². The van der Waals surface area contributed by atoms with Crippen molar-refractivity contribution >= 4 is 15.9 Å². The summed E-state index contributed by atoms with van der Waals surface area (Å²) in [6.07, 6.45) is 0.606. The van der Waals surface area contributed by atoms with Crippen molar-refractivity contribution in [2.45, 2.75) is 11.3 Å². The van der Waals surface area contributed by atoms with Gasteiger partial charge in [-0.15, -0.1) is 0 Å². The molecule has 0 aromatic heterocycles. The summed E-state index contributed by atoms with van der Waals surface area (Å²) in [7, 11) is -2.18. The Morgan fingerprint density at radius 1 is 1.37 bits per heavy atom. The second-order valence-corrected chi connectivity index (χ2v) is 6.16. The summed E-state index contributed by atoms with van der Waals surface area (Å²) in [5.41, 5.74) is 0. The van der Waals surface area contributed by atoms with Crippen molar-refractivity contribution in [2.75, 3.05) is 26.7 Å². The molecule has 1 aromatic carbocycles. The molecule has 6 nitrogen and oxygen atoms in total. The van der Waals surface area contributed by atoms with Crippen LogP contribution >= 0.6 is 0 Å². The predicted octanol–water partition coefficient (Wildman–Crippen LogP) is 0.206. The minimum Gasteiger partial charge on any atom is -0.497 e. The van der Waals surface area contributed by atoms with Crippen LogP contribution in [0.1, 0.15) is 6.42 Å². The normalized spacial score (nSPS) is 17.6. The molecule has 104 valence electrons. The topological polar surface area (TPSA) is 75.7 Å². The minimum absolute atomic E-state index is 0.139. The maximum atomic E-state index is 12.4. The highest BCUT2D eigenvalue weighted by atomic mass is 32.2. The third-order valence-corrected chi connectivity index (χ3v) is 4.75. The highest BCUT2D eigenvalue weighted by Crippen LogP contribution is 2.21. The van der Waals surface area contributed by atoms with E-state index < -0.39 is 10.0 Å². The molecule has 0 radical (unpaired) electrons. The summed E-state index contributed by atoms with van der Waals surface area (Å²) < 4.78 is 31.1. The Labute approximate surface area is 112 Å². The molecule has 1 aromatic rings. The number of sulfonamides is 1. The highest BCUT2D eigenvalue weighted by Gasteiger charge is 2.28. The van der Waals surface area contributed by atoms with Crippen LogP contribution in [0.15, 0.2) is 29.2 Å². The number of benzene rings is 1. The Hall–Kier alpha value is -1.60. The van der Waals surface area contributed by atoms with Gasteiger partial charge in [0.25, 0.3) is 0 Å². The van der Waals surface area contributed by atoms with Crippen LogP contribution < -0.4 is 10.1 Å². The van der Waals surface area contributed by atoms with Crippen LogP contribution in [0.4, 0.5) is 0 Å². The quantitative estimate of drug-likeness (QED) is 0.860. The van der Waals surface area contributed by atoms with Crippen LogP contribution in [-0.2, 0) is 14.8 Å². The summed E-state index contributed by atoms with van der Waals surface area (Å²) in [5.74, 6) is 0.198. The lowest BCUT2D eigenvalue weighted by Crippen LogP contribution is -2.37. The first-order chi connectivity index (χ1) is 9.04. The summed E-state index contributed by atoms with van der Waals surface area (Å²) in [6.45, 7) is 0.695. The lowest BCUT2D eigenvalue weighted by atomic mass is 10.3. The molecule has 1 aliphatic rings. The van der Waals surface area contributed by atoms with Crippen molar-refractivity contribution in [2.24, 2.45) is 0 Å². The first kappa shape index (κ1) is 13.8. The van der Waals surface area contributed by atoms with E-state index in [0.717, 1.165) is 0 Å². The molecular weight excluding hydrogens is 268 g/mol. The predicted molar refractivity (Wildman–Crippen MR) is 69.4 cm³/mol. The van der Waals surface area contributed by atoms with Gasteiger partial charge in [-0.2, -0.15) is 4.31 Å². The van der Waals surface area contributed by atoms with Gasteiger partial charge in [0, 0.05) is 19.2 Å². The largest absolute Gasteiger partial charge is 0.497 e. The van der Waals surface area contributed by atoms with Crippen molar-refractivity contribution in [3.05, 3.63) is 24.3 Å². The Kier molecular flexibility index (Phi) is 4.06. The first-order valence-corrected chi connectivity index (χ1v) is 7.39. The first-order valence-electron chi connectivity index (χ1n) is 5.95. The molecule has 0 spiro atoms. The van der Waals surface area contributed by atoms with Gasteiger partial charge in [-0.05, 0) is 18.6 Å². The van der Waals surface area contributed by atoms with Crippen molar-refractivity contribution < 1.29 is 17.9 Å². The Bertz CT molecular complexity index is 571. The molecule has 0 unspecified atom stereocenters. The third-order valence-electron chi connectivity index (χ3n) is 2.91. The van der Waals surface area contributed by atoms with Crippen LogP contribution in [0.2, 0.25) is 0 Å². The molecule has 7 heteroatoms. The number of carbonyl (C=O) groups excluding carboxylic acids is 1. The molecule has 19 heavy (non-hydrogen) atoms. The van der Waals surface area contributed by atoms with E-state index in [1.165, 1.54) is 23.5 Å². The van der Waals surface area contributed by atoms with Gasteiger partial charge < -0.3 is 10.1 Å². The fraction of sp³-hybridized carbons (Fsp3) is 0.417. The van der Waals surface area contributed by atoms with Crippen molar-refractivity contribution in [3.8, 4) is 5.75 Å². The monoisotopic (exact) mass is 284 g/mol. The molecule has 2 rings (SSSR count). The van der Waals surface area contributed by atoms with Gasteiger partial charge in [0.1, 0.15) is 5.75 Å². The standard InChI is InChI=1S/C12H16N2O4S/c1-18-10-4-2-5-11(8-10)19(16,17)14-7-3-6-13-12(15)9-14/h2,4-5,8H,3,6-7,9H2,1H3,(H,13,15). The minimum atomic E-state index is -3.66. The zero-order valence-electron chi connectivity index (χ0n) is 10.6. The SMILES string of the molecule is COc1cccc(S(=O)(=O)N2CCCNC(=O)C2)c1. The number of nitrogens with one attached hydrogen (secondary N) is 1. The van der Waals surface area contributed by atoms with Crippen molar-refractivity contribution in [3.63, 3.8) is 0 Å². The molecule has 0 bridgehead atoms. The fourth-order valence-corrected chi connectivity index (χ4v) is 3.36. The van der Waals surface area contributed by atoms with Crippen LogP contribution in [0.3, 0.4) is 0 Å². The maximum absolute atomic E-state index is 12.4. The van der Waals surface area contributed by atoms with E-state index in [-0.39, 0.29) is 17.3 Å². The molecule has 1 saturated heterocycles. The van der Waals surface area contributed by atoms with Crippen LogP contribution in [0, 0.1) is 0 Å². The van der Waals surface area contributed by atoms with Gasteiger partial charge in [0.15, 0.2) is 0 Å². The Morgan fingerprint density at radius 3 is 2.89 bits per heavy atom. The molecule has 0 aliphatic carbocycles. The van der Waals surface area contributed by atoms with Gasteiger partial charge in [0.05, 0.1) is 18.6 Å². The van der Waals surface area contributed by atoms with Crippen molar-refractivity contribution in [1.29, 1.82) is 0 Å². The molecular formula is C12H16N2O4S. The number of hydrogen-bond donors (Lipinski definition) is 1. The summed E-state index contributed by atoms with van der Waals surface area (Å²) in [5, 5.41) is 2.65. The lowest BCUT2D eigenvalue weighted by molar-refractivity contribution is -0.120. The van der Waals surface area contributed by atoms with Gasteiger partial charge in [0.2, 0.25) is 15.9 Å². The van der Waals surface area contributed by atoms with E-state index in [0.29, 0.717) is 25.3 Å². The average Bonchev–Trinajstić information content (AvgIpc) is 2.64. The smallest absolute Gasteiger partial charge is 0.243 e. The zero-order valence-corrected chi connectivity index (χ0v) is 11.4. The number of carbonyl (C=O) groups is 1. The van der Waals surface area contributed by atoms with Gasteiger partial charge in [-0.1, -0.05) is 6.07 Å². The van der Waals surface area contributed by atoms with E-state index in [1.807, 2.05) is 0 Å². The van der Waals surface area contributed by atoms with Crippen molar-refractivity contribution in [1.82, 2.24) is 9.62 Å². The number of ether oxygens (including phenoxy) is 1. The average molecular weight is 284 g/mol. The summed E-state index contributed by atoms with van der Waals surface area (Å²) >= 11 is 0. The summed E-state index contributed by atoms with van der Waals surface area (Å²) in [4.78, 5) is 11.6. The number of rotatable bonds is 3. The number of hydrogen-bond acceptors (Lipinski definition) is 4. The van der Waals surface area contributed by atoms with Gasteiger partial charge in [-0.3, -0.25) is 4.79 Å². The summed E-state index contributed by atoms with van der Waals surface area (Å²) in [6, 6.07) is 6.25. The zero-order chi connectivity index (χ0) is 13.9. The van der Waals surface area contributed by atoms with Gasteiger partial charge in [-0.25, -0.2) is 8.42 Å². The molecule has 1 amide bonds. The van der Waals surface area contributed by atoms with E-state index in [4.69, 9.17) is 4.74 Å². The van der Waals surface area contributed by atoms with Crippen LogP contribution in [0.25, 0.3) is 0 Å². The highest BCUT2D eigenvalue weighted by molar-refractivity contribution is 7.89.